The largest absolute Gasteiger partial charge is 0.493 e. The maximum absolute atomic E-state index is 6.03. The third-order valence-electron chi connectivity index (χ3n) is 2.97. The summed E-state index contributed by atoms with van der Waals surface area (Å²) in [6.07, 6.45) is 3.36. The fraction of sp³-hybridized carbons (Fsp3) is 0.600. The molecule has 1 aromatic rings. The fourth-order valence-electron chi connectivity index (χ4n) is 1.96. The number of benzene rings is 1. The summed E-state index contributed by atoms with van der Waals surface area (Å²) in [5.41, 5.74) is 1.26. The van der Waals surface area contributed by atoms with Gasteiger partial charge in [-0.2, -0.15) is 0 Å². The van der Waals surface area contributed by atoms with E-state index in [0.717, 1.165) is 37.3 Å². The van der Waals surface area contributed by atoms with E-state index in [1.54, 1.807) is 7.11 Å². The van der Waals surface area contributed by atoms with Gasteiger partial charge in [-0.25, -0.2) is 0 Å². The average molecular weight is 251 g/mol. The van der Waals surface area contributed by atoms with Crippen LogP contribution in [0.3, 0.4) is 0 Å². The first-order valence-corrected chi connectivity index (χ1v) is 6.73. The van der Waals surface area contributed by atoms with Gasteiger partial charge in [0.25, 0.3) is 0 Å². The van der Waals surface area contributed by atoms with Crippen LogP contribution in [0.1, 0.15) is 32.3 Å². The molecule has 1 N–H and O–H groups in total. The Morgan fingerprint density at radius 2 is 2.00 bits per heavy atom. The van der Waals surface area contributed by atoms with Crippen LogP contribution in [-0.4, -0.2) is 26.8 Å². The van der Waals surface area contributed by atoms with Crippen molar-refractivity contribution in [3.63, 3.8) is 0 Å². The standard InChI is InChI=1S/C15H25NO2/c1-5-7-13(11-16-3)18-14-9-8-12(6-2)10-15(14)17-4/h8-10,13,16H,5-7,11H2,1-4H3. The summed E-state index contributed by atoms with van der Waals surface area (Å²) < 4.78 is 11.4. The molecule has 18 heavy (non-hydrogen) atoms. The molecule has 0 radical (unpaired) electrons. The molecule has 1 rings (SSSR count). The molecule has 102 valence electrons. The van der Waals surface area contributed by atoms with E-state index in [4.69, 9.17) is 9.47 Å². The highest BCUT2D eigenvalue weighted by Gasteiger charge is 2.12. The van der Waals surface area contributed by atoms with Crippen molar-refractivity contribution in [2.45, 2.75) is 39.2 Å². The molecule has 0 bridgehead atoms. The van der Waals surface area contributed by atoms with Crippen LogP contribution < -0.4 is 14.8 Å². The van der Waals surface area contributed by atoms with Crippen molar-refractivity contribution in [3.8, 4) is 11.5 Å². The average Bonchev–Trinajstić information content (AvgIpc) is 2.39. The van der Waals surface area contributed by atoms with Crippen molar-refractivity contribution >= 4 is 0 Å². The Balaban J connectivity index is 2.80. The molecule has 1 aromatic carbocycles. The maximum atomic E-state index is 6.03. The van der Waals surface area contributed by atoms with Crippen molar-refractivity contribution in [1.29, 1.82) is 0 Å². The quantitative estimate of drug-likeness (QED) is 0.770. The minimum atomic E-state index is 0.196. The number of hydrogen-bond donors (Lipinski definition) is 1. The Morgan fingerprint density at radius 3 is 2.56 bits per heavy atom. The van der Waals surface area contributed by atoms with Crippen molar-refractivity contribution in [2.24, 2.45) is 0 Å². The van der Waals surface area contributed by atoms with Crippen molar-refractivity contribution in [3.05, 3.63) is 23.8 Å². The lowest BCUT2D eigenvalue weighted by molar-refractivity contribution is 0.182. The molecule has 3 heteroatoms. The molecule has 0 heterocycles. The molecule has 0 amide bonds. The van der Waals surface area contributed by atoms with E-state index in [1.807, 2.05) is 13.1 Å². The molecular weight excluding hydrogens is 226 g/mol. The molecule has 0 saturated heterocycles. The Morgan fingerprint density at radius 1 is 1.22 bits per heavy atom. The molecular formula is C15H25NO2. The highest BCUT2D eigenvalue weighted by atomic mass is 16.5. The Hall–Kier alpha value is -1.22. The van der Waals surface area contributed by atoms with Gasteiger partial charge in [-0.15, -0.1) is 0 Å². The van der Waals surface area contributed by atoms with E-state index in [9.17, 15) is 0 Å². The van der Waals surface area contributed by atoms with Gasteiger partial charge >= 0.3 is 0 Å². The summed E-state index contributed by atoms with van der Waals surface area (Å²) in [4.78, 5) is 0. The predicted octanol–water partition coefficient (Wildman–Crippen LogP) is 3.02. The van der Waals surface area contributed by atoms with Gasteiger partial charge in [0.2, 0.25) is 0 Å². The topological polar surface area (TPSA) is 30.5 Å². The zero-order valence-electron chi connectivity index (χ0n) is 12.0. The van der Waals surface area contributed by atoms with Crippen molar-refractivity contribution in [2.75, 3.05) is 20.7 Å². The van der Waals surface area contributed by atoms with E-state index >= 15 is 0 Å². The monoisotopic (exact) mass is 251 g/mol. The maximum Gasteiger partial charge on any atom is 0.161 e. The number of rotatable bonds is 8. The first kappa shape index (κ1) is 14.8. The lowest BCUT2D eigenvalue weighted by atomic mass is 10.1. The van der Waals surface area contributed by atoms with Crippen LogP contribution in [0.4, 0.5) is 0 Å². The predicted molar refractivity (Wildman–Crippen MR) is 75.6 cm³/mol. The third kappa shape index (κ3) is 4.22. The van der Waals surface area contributed by atoms with Gasteiger partial charge in [0, 0.05) is 6.54 Å². The fourth-order valence-corrected chi connectivity index (χ4v) is 1.96. The molecule has 0 aromatic heterocycles. The second-order valence-electron chi connectivity index (χ2n) is 4.42. The number of methoxy groups -OCH3 is 1. The van der Waals surface area contributed by atoms with Crippen molar-refractivity contribution in [1.82, 2.24) is 5.32 Å². The molecule has 1 atom stereocenters. The SMILES string of the molecule is CCCC(CNC)Oc1ccc(CC)cc1OC. The van der Waals surface area contributed by atoms with E-state index in [0.29, 0.717) is 0 Å². The van der Waals surface area contributed by atoms with Crippen LogP contribution in [0.25, 0.3) is 0 Å². The lowest BCUT2D eigenvalue weighted by Crippen LogP contribution is -2.29. The van der Waals surface area contributed by atoms with E-state index in [1.165, 1.54) is 5.56 Å². The van der Waals surface area contributed by atoms with Gasteiger partial charge < -0.3 is 14.8 Å². The van der Waals surface area contributed by atoms with Crippen LogP contribution in [0.2, 0.25) is 0 Å². The van der Waals surface area contributed by atoms with Crippen LogP contribution in [0.5, 0.6) is 11.5 Å². The second-order valence-corrected chi connectivity index (χ2v) is 4.42. The first-order valence-electron chi connectivity index (χ1n) is 6.73. The lowest BCUT2D eigenvalue weighted by Gasteiger charge is -2.20. The van der Waals surface area contributed by atoms with Gasteiger partial charge in [-0.3, -0.25) is 0 Å². The number of hydrogen-bond acceptors (Lipinski definition) is 3. The number of ether oxygens (including phenoxy) is 2. The van der Waals surface area contributed by atoms with Crippen LogP contribution in [0.15, 0.2) is 18.2 Å². The third-order valence-corrected chi connectivity index (χ3v) is 2.97. The van der Waals surface area contributed by atoms with Crippen molar-refractivity contribution < 1.29 is 9.47 Å². The molecule has 0 saturated carbocycles. The Kier molecular flexibility index (Phi) is 6.58. The highest BCUT2D eigenvalue weighted by Crippen LogP contribution is 2.29. The normalized spacial score (nSPS) is 12.2. The number of nitrogens with one attached hydrogen (secondary N) is 1. The minimum absolute atomic E-state index is 0.196. The Labute approximate surface area is 110 Å². The summed E-state index contributed by atoms with van der Waals surface area (Å²) in [6, 6.07) is 6.16. The summed E-state index contributed by atoms with van der Waals surface area (Å²) in [5, 5.41) is 3.17. The van der Waals surface area contributed by atoms with Crippen LogP contribution in [-0.2, 0) is 6.42 Å². The second kappa shape index (κ2) is 7.98. The summed E-state index contributed by atoms with van der Waals surface area (Å²) in [5.74, 6) is 1.66. The molecule has 0 aliphatic rings. The van der Waals surface area contributed by atoms with Gasteiger partial charge in [0.1, 0.15) is 6.10 Å². The summed E-state index contributed by atoms with van der Waals surface area (Å²) in [6.45, 7) is 5.16. The molecule has 0 aliphatic carbocycles. The number of aryl methyl sites for hydroxylation is 1. The summed E-state index contributed by atoms with van der Waals surface area (Å²) >= 11 is 0. The molecule has 0 fully saturated rings. The zero-order chi connectivity index (χ0) is 13.4. The molecule has 0 aliphatic heterocycles. The molecule has 1 unspecified atom stereocenters. The smallest absolute Gasteiger partial charge is 0.161 e. The first-order chi connectivity index (χ1) is 8.74. The van der Waals surface area contributed by atoms with E-state index < -0.39 is 0 Å². The zero-order valence-corrected chi connectivity index (χ0v) is 12.0. The van der Waals surface area contributed by atoms with Gasteiger partial charge in [0.05, 0.1) is 7.11 Å². The Bertz CT molecular complexity index is 346. The summed E-state index contributed by atoms with van der Waals surface area (Å²) in [7, 11) is 3.64. The van der Waals surface area contributed by atoms with Crippen LogP contribution >= 0.6 is 0 Å². The van der Waals surface area contributed by atoms with Gasteiger partial charge in [-0.05, 0) is 37.6 Å². The highest BCUT2D eigenvalue weighted by molar-refractivity contribution is 5.43. The minimum Gasteiger partial charge on any atom is -0.493 e. The van der Waals surface area contributed by atoms with E-state index in [2.05, 4.69) is 31.3 Å². The molecule has 0 spiro atoms. The van der Waals surface area contributed by atoms with Gasteiger partial charge in [-0.1, -0.05) is 26.3 Å². The molecule has 3 nitrogen and oxygen atoms in total. The number of likely N-dealkylation sites (N-methyl/N-ethyl adjacent to an activating group) is 1. The van der Waals surface area contributed by atoms with Gasteiger partial charge in [0.15, 0.2) is 11.5 Å². The van der Waals surface area contributed by atoms with E-state index in [-0.39, 0.29) is 6.10 Å². The van der Waals surface area contributed by atoms with Crippen LogP contribution in [0, 0.1) is 0 Å².